The number of hydrogen-bond acceptors (Lipinski definition) is 6. The van der Waals surface area contributed by atoms with E-state index in [0.29, 0.717) is 30.4 Å². The minimum atomic E-state index is -2.67. The average Bonchev–Trinajstić information content (AvgIpc) is 3.12. The van der Waals surface area contributed by atoms with Crippen molar-refractivity contribution in [2.45, 2.75) is 70.8 Å². The molecule has 2 aliphatic rings. The standard InChI is InChI=1S/C25H33F3N4O3/c1-16-29-14-20(35-16)13-24(33)30-19-4-2-17(3-5-19)6-9-32-10-7-18-12-21(26)25(34-15-23(27)28)31-22(18)8-11-32/h12,14,17,19,23H,2-11,13,15H2,1H3,(H,30,33)/t17-,19-. The molecule has 1 amide bonds. The summed E-state index contributed by atoms with van der Waals surface area (Å²) in [6.07, 6.45) is 5.66. The van der Waals surface area contributed by atoms with E-state index in [9.17, 15) is 18.0 Å². The van der Waals surface area contributed by atoms with Crippen molar-refractivity contribution >= 4 is 5.91 Å². The van der Waals surface area contributed by atoms with Gasteiger partial charge in [-0.25, -0.2) is 23.1 Å². The quantitative estimate of drug-likeness (QED) is 0.570. The van der Waals surface area contributed by atoms with Crippen LogP contribution in [0.15, 0.2) is 16.7 Å². The van der Waals surface area contributed by atoms with Gasteiger partial charge < -0.3 is 19.4 Å². The van der Waals surface area contributed by atoms with Crippen LogP contribution in [0.3, 0.4) is 0 Å². The van der Waals surface area contributed by atoms with Crippen LogP contribution in [0, 0.1) is 18.7 Å². The van der Waals surface area contributed by atoms with Crippen LogP contribution in [0.5, 0.6) is 5.88 Å². The third-order valence-electron chi connectivity index (χ3n) is 6.89. The highest BCUT2D eigenvalue weighted by Gasteiger charge is 2.24. The van der Waals surface area contributed by atoms with Crippen molar-refractivity contribution in [2.75, 3.05) is 26.2 Å². The summed E-state index contributed by atoms with van der Waals surface area (Å²) in [5.74, 6) is 0.726. The van der Waals surface area contributed by atoms with Gasteiger partial charge in [0.15, 0.2) is 18.3 Å². The van der Waals surface area contributed by atoms with E-state index in [1.807, 2.05) is 0 Å². The number of pyridine rings is 1. The lowest BCUT2D eigenvalue weighted by atomic mass is 9.84. The zero-order valence-electron chi connectivity index (χ0n) is 20.1. The van der Waals surface area contributed by atoms with Gasteiger partial charge in [-0.1, -0.05) is 0 Å². The number of rotatable bonds is 9. The van der Waals surface area contributed by atoms with Crippen LogP contribution in [0.25, 0.3) is 0 Å². The molecule has 0 atom stereocenters. The fraction of sp³-hybridized carbons (Fsp3) is 0.640. The largest absolute Gasteiger partial charge is 0.470 e. The minimum absolute atomic E-state index is 0.0263. The van der Waals surface area contributed by atoms with Crippen molar-refractivity contribution in [1.29, 1.82) is 0 Å². The molecule has 1 aliphatic carbocycles. The lowest BCUT2D eigenvalue weighted by Gasteiger charge is -2.30. The first-order valence-electron chi connectivity index (χ1n) is 12.4. The number of oxazole rings is 1. The van der Waals surface area contributed by atoms with Gasteiger partial charge in [0.1, 0.15) is 5.76 Å². The summed E-state index contributed by atoms with van der Waals surface area (Å²) in [6.45, 7) is 3.47. The second-order valence-electron chi connectivity index (χ2n) is 9.52. The van der Waals surface area contributed by atoms with Crippen molar-refractivity contribution in [1.82, 2.24) is 20.2 Å². The number of fused-ring (bicyclic) bond motifs is 1. The number of nitrogens with one attached hydrogen (secondary N) is 1. The van der Waals surface area contributed by atoms with Gasteiger partial charge in [-0.2, -0.15) is 0 Å². The Bertz CT molecular complexity index is 992. The number of ether oxygens (including phenoxy) is 1. The molecule has 2 aromatic rings. The zero-order valence-corrected chi connectivity index (χ0v) is 20.1. The van der Waals surface area contributed by atoms with Crippen molar-refractivity contribution in [3.63, 3.8) is 0 Å². The number of aryl methyl sites for hydroxylation is 1. The first kappa shape index (κ1) is 25.5. The van der Waals surface area contributed by atoms with Gasteiger partial charge in [-0.3, -0.25) is 4.79 Å². The lowest BCUT2D eigenvalue weighted by molar-refractivity contribution is -0.121. The Morgan fingerprint density at radius 2 is 2.03 bits per heavy atom. The number of alkyl halides is 2. The molecule has 1 aliphatic heterocycles. The minimum Gasteiger partial charge on any atom is -0.470 e. The Balaban J connectivity index is 1.17. The number of halogens is 3. The van der Waals surface area contributed by atoms with E-state index in [1.54, 1.807) is 13.1 Å². The number of nitrogens with zero attached hydrogens (tertiary/aromatic N) is 3. The molecule has 1 N–H and O–H groups in total. The Hall–Kier alpha value is -2.62. The summed E-state index contributed by atoms with van der Waals surface area (Å²) in [6, 6.07) is 1.59. The van der Waals surface area contributed by atoms with Crippen LogP contribution in [0.1, 0.15) is 55.0 Å². The van der Waals surface area contributed by atoms with E-state index in [0.717, 1.165) is 63.0 Å². The predicted octanol–water partition coefficient (Wildman–Crippen LogP) is 3.87. The molecule has 0 bridgehead atoms. The normalized spacial score (nSPS) is 20.9. The highest BCUT2D eigenvalue weighted by molar-refractivity contribution is 5.78. The van der Waals surface area contributed by atoms with Gasteiger partial charge >= 0.3 is 0 Å². The molecule has 1 fully saturated rings. The van der Waals surface area contributed by atoms with Crippen LogP contribution in [-0.4, -0.2) is 59.5 Å². The van der Waals surface area contributed by atoms with Crippen molar-refractivity contribution < 1.29 is 27.1 Å². The van der Waals surface area contributed by atoms with Crippen LogP contribution in [0.2, 0.25) is 0 Å². The smallest absolute Gasteiger partial charge is 0.272 e. The van der Waals surface area contributed by atoms with E-state index >= 15 is 0 Å². The maximum absolute atomic E-state index is 14.2. The monoisotopic (exact) mass is 494 g/mol. The molecule has 35 heavy (non-hydrogen) atoms. The van der Waals surface area contributed by atoms with E-state index in [2.05, 4.69) is 20.2 Å². The van der Waals surface area contributed by atoms with Crippen LogP contribution >= 0.6 is 0 Å². The number of carbonyl (C=O) groups is 1. The summed E-state index contributed by atoms with van der Waals surface area (Å²) in [4.78, 5) is 22.8. The average molecular weight is 495 g/mol. The van der Waals surface area contributed by atoms with Crippen LogP contribution in [0.4, 0.5) is 13.2 Å². The van der Waals surface area contributed by atoms with E-state index in [-0.39, 0.29) is 24.2 Å². The Kier molecular flexibility index (Phi) is 8.64. The van der Waals surface area contributed by atoms with Gasteiger partial charge in [0.25, 0.3) is 12.3 Å². The first-order chi connectivity index (χ1) is 16.9. The third-order valence-corrected chi connectivity index (χ3v) is 6.89. The first-order valence-corrected chi connectivity index (χ1v) is 12.4. The van der Waals surface area contributed by atoms with Gasteiger partial charge in [-0.05, 0) is 62.6 Å². The molecule has 0 aromatic carbocycles. The molecule has 10 heteroatoms. The van der Waals surface area contributed by atoms with E-state index in [1.165, 1.54) is 6.07 Å². The van der Waals surface area contributed by atoms with Crippen molar-refractivity contribution in [3.05, 3.63) is 41.0 Å². The lowest BCUT2D eigenvalue weighted by Crippen LogP contribution is -2.39. The predicted molar refractivity (Wildman–Crippen MR) is 123 cm³/mol. The Morgan fingerprint density at radius 3 is 2.74 bits per heavy atom. The molecule has 3 heterocycles. The molecule has 0 unspecified atom stereocenters. The maximum atomic E-state index is 14.2. The molecule has 0 spiro atoms. The van der Waals surface area contributed by atoms with Crippen molar-refractivity contribution in [3.8, 4) is 5.88 Å². The third kappa shape index (κ3) is 7.43. The molecule has 0 saturated heterocycles. The second-order valence-corrected chi connectivity index (χ2v) is 9.52. The molecule has 192 valence electrons. The maximum Gasteiger partial charge on any atom is 0.272 e. The Labute approximate surface area is 203 Å². The van der Waals surface area contributed by atoms with Gasteiger partial charge in [-0.15, -0.1) is 0 Å². The number of carbonyl (C=O) groups excluding carboxylic acids is 1. The summed E-state index contributed by atoms with van der Waals surface area (Å²) >= 11 is 0. The Morgan fingerprint density at radius 1 is 1.26 bits per heavy atom. The number of aromatic nitrogens is 2. The number of amides is 1. The SMILES string of the molecule is Cc1ncc(CC(=O)N[C@H]2CC[C@H](CCN3CCc4cc(F)c(OCC(F)F)nc4CC3)CC2)o1. The van der Waals surface area contributed by atoms with Gasteiger partial charge in [0, 0.05) is 38.2 Å². The number of hydrogen-bond donors (Lipinski definition) is 1. The van der Waals surface area contributed by atoms with Crippen molar-refractivity contribution in [2.24, 2.45) is 5.92 Å². The molecular weight excluding hydrogens is 461 g/mol. The van der Waals surface area contributed by atoms with E-state index < -0.39 is 18.8 Å². The fourth-order valence-electron chi connectivity index (χ4n) is 4.98. The molecule has 7 nitrogen and oxygen atoms in total. The molecular formula is C25H33F3N4O3. The summed E-state index contributed by atoms with van der Waals surface area (Å²) in [5.41, 5.74) is 1.56. The molecule has 4 rings (SSSR count). The summed E-state index contributed by atoms with van der Waals surface area (Å²) in [5, 5.41) is 3.12. The second kappa shape index (κ2) is 11.9. The van der Waals surface area contributed by atoms with E-state index in [4.69, 9.17) is 9.15 Å². The van der Waals surface area contributed by atoms with Gasteiger partial charge in [0.05, 0.1) is 12.6 Å². The summed E-state index contributed by atoms with van der Waals surface area (Å²) < 4.78 is 49.2. The van der Waals surface area contributed by atoms with Crippen LogP contribution in [-0.2, 0) is 24.1 Å². The molecule has 1 saturated carbocycles. The zero-order chi connectivity index (χ0) is 24.8. The topological polar surface area (TPSA) is 80.5 Å². The van der Waals surface area contributed by atoms with Gasteiger partial charge in [0.2, 0.25) is 5.91 Å². The molecule has 2 aromatic heterocycles. The van der Waals surface area contributed by atoms with Crippen LogP contribution < -0.4 is 10.1 Å². The molecule has 0 radical (unpaired) electrons. The summed E-state index contributed by atoms with van der Waals surface area (Å²) in [7, 11) is 0. The highest BCUT2D eigenvalue weighted by atomic mass is 19.3. The fourth-order valence-corrected chi connectivity index (χ4v) is 4.98. The highest BCUT2D eigenvalue weighted by Crippen LogP contribution is 2.28.